The van der Waals surface area contributed by atoms with Crippen LogP contribution in [0.25, 0.3) is 5.69 Å². The van der Waals surface area contributed by atoms with Crippen molar-refractivity contribution >= 4 is 46.0 Å². The lowest BCUT2D eigenvalue weighted by Gasteiger charge is -2.21. The van der Waals surface area contributed by atoms with Crippen LogP contribution < -0.4 is 4.90 Å². The quantitative estimate of drug-likeness (QED) is 0.521. The number of rotatable bonds is 4. The molecule has 0 amide bonds. The molecule has 156 valence electrons. The summed E-state index contributed by atoms with van der Waals surface area (Å²) in [6, 6.07) is 3.23. The predicted molar refractivity (Wildman–Crippen MR) is 106 cm³/mol. The second-order valence-electron chi connectivity index (χ2n) is 5.89. The lowest BCUT2D eigenvalue weighted by molar-refractivity contribution is -0.137. The molecule has 1 unspecified atom stereocenters. The minimum Gasteiger partial charge on any atom is -0.611 e. The van der Waals surface area contributed by atoms with E-state index in [1.54, 1.807) is 7.05 Å². The maximum absolute atomic E-state index is 13.1. The highest BCUT2D eigenvalue weighted by Crippen LogP contribution is 2.41. The molecule has 0 fully saturated rings. The number of halogens is 5. The van der Waals surface area contributed by atoms with Gasteiger partial charge >= 0.3 is 6.18 Å². The molecule has 7 nitrogen and oxygen atoms in total. The first kappa shape index (κ1) is 22.2. The van der Waals surface area contributed by atoms with Gasteiger partial charge in [-0.2, -0.15) is 18.4 Å². The zero-order valence-corrected chi connectivity index (χ0v) is 17.6. The number of benzene rings is 1. The van der Waals surface area contributed by atoms with Crippen molar-refractivity contribution in [2.24, 2.45) is 0 Å². The van der Waals surface area contributed by atoms with Crippen molar-refractivity contribution in [2.75, 3.05) is 18.2 Å². The molecule has 3 rings (SSSR count). The highest BCUT2D eigenvalue weighted by molar-refractivity contribution is 7.91. The van der Waals surface area contributed by atoms with E-state index in [1.807, 2.05) is 6.07 Å². The average molecular weight is 475 g/mol. The second kappa shape index (κ2) is 8.31. The molecular formula is C17H11Cl2F3N6OS. The van der Waals surface area contributed by atoms with Crippen LogP contribution in [0.3, 0.4) is 0 Å². The van der Waals surface area contributed by atoms with E-state index in [1.165, 1.54) is 29.7 Å². The van der Waals surface area contributed by atoms with Gasteiger partial charge in [-0.15, -0.1) is 5.10 Å². The Kier molecular flexibility index (Phi) is 6.14. The normalized spacial score (nSPS) is 12.5. The minimum absolute atomic E-state index is 0.0395. The standard InChI is InChI=1S/C17H11Cl2F3N6OS/c1-27(13-8-24-3-4-25-13)16-15(30(2)29)12(7-23)26-28(16)14-10(18)5-9(6-11(14)19)17(20,21)22/h3-6,8H,1-2H3. The molecule has 0 spiro atoms. The van der Waals surface area contributed by atoms with Crippen molar-refractivity contribution in [3.05, 3.63) is 52.0 Å². The first-order valence-corrected chi connectivity index (χ1v) is 10.3. The van der Waals surface area contributed by atoms with Crippen molar-refractivity contribution in [2.45, 2.75) is 11.1 Å². The van der Waals surface area contributed by atoms with Crippen LogP contribution in [0.1, 0.15) is 11.3 Å². The Morgan fingerprint density at radius 1 is 1.23 bits per heavy atom. The van der Waals surface area contributed by atoms with Crippen LogP contribution >= 0.6 is 23.2 Å². The number of nitriles is 1. The summed E-state index contributed by atoms with van der Waals surface area (Å²) in [5, 5.41) is 12.9. The summed E-state index contributed by atoms with van der Waals surface area (Å²) in [6.07, 6.45) is 0.938. The predicted octanol–water partition coefficient (Wildman–Crippen LogP) is 4.36. The van der Waals surface area contributed by atoms with Crippen LogP contribution in [0, 0.1) is 11.3 Å². The van der Waals surface area contributed by atoms with Crippen molar-refractivity contribution in [3.8, 4) is 11.8 Å². The Morgan fingerprint density at radius 3 is 2.33 bits per heavy atom. The van der Waals surface area contributed by atoms with Crippen molar-refractivity contribution in [1.29, 1.82) is 5.26 Å². The molecule has 0 radical (unpaired) electrons. The molecule has 30 heavy (non-hydrogen) atoms. The fourth-order valence-corrected chi connectivity index (χ4v) is 4.17. The Morgan fingerprint density at radius 2 is 1.87 bits per heavy atom. The van der Waals surface area contributed by atoms with E-state index in [9.17, 15) is 23.0 Å². The van der Waals surface area contributed by atoms with Crippen LogP contribution in [0.15, 0.2) is 35.6 Å². The fourth-order valence-electron chi connectivity index (χ4n) is 2.69. The molecule has 0 saturated carbocycles. The van der Waals surface area contributed by atoms with E-state index in [-0.39, 0.29) is 32.1 Å². The third kappa shape index (κ3) is 4.04. The number of hydrogen-bond donors (Lipinski definition) is 0. The van der Waals surface area contributed by atoms with Crippen LogP contribution in [0.2, 0.25) is 10.0 Å². The molecule has 0 N–H and O–H groups in total. The number of nitrogens with zero attached hydrogens (tertiary/aromatic N) is 6. The SMILES string of the molecule is CN(c1cnccn1)c1c([S+](C)[O-])c(C#N)nn1-c1c(Cl)cc(C(F)(F)F)cc1Cl. The summed E-state index contributed by atoms with van der Waals surface area (Å²) in [5.74, 6) is 0.394. The van der Waals surface area contributed by atoms with E-state index in [2.05, 4.69) is 15.1 Å². The van der Waals surface area contributed by atoms with Crippen LogP contribution in [0.4, 0.5) is 24.8 Å². The van der Waals surface area contributed by atoms with E-state index in [4.69, 9.17) is 23.2 Å². The Balaban J connectivity index is 2.33. The topological polar surface area (TPSA) is 93.7 Å². The smallest absolute Gasteiger partial charge is 0.416 e. The van der Waals surface area contributed by atoms with Crippen LogP contribution in [0.5, 0.6) is 0 Å². The van der Waals surface area contributed by atoms with Gasteiger partial charge < -0.3 is 9.45 Å². The average Bonchev–Trinajstić information content (AvgIpc) is 3.06. The largest absolute Gasteiger partial charge is 0.611 e. The van der Waals surface area contributed by atoms with Gasteiger partial charge in [-0.25, -0.2) is 9.67 Å². The first-order chi connectivity index (χ1) is 14.1. The highest BCUT2D eigenvalue weighted by atomic mass is 35.5. The van der Waals surface area contributed by atoms with Crippen LogP contribution in [-0.4, -0.2) is 37.6 Å². The second-order valence-corrected chi connectivity index (χ2v) is 8.02. The van der Waals surface area contributed by atoms with Crippen LogP contribution in [-0.2, 0) is 17.4 Å². The number of hydrogen-bond acceptors (Lipinski definition) is 6. The van der Waals surface area contributed by atoms with Gasteiger partial charge in [0, 0.05) is 19.4 Å². The lowest BCUT2D eigenvalue weighted by atomic mass is 10.2. The number of alkyl halides is 3. The number of anilines is 2. The monoisotopic (exact) mass is 474 g/mol. The van der Waals surface area contributed by atoms with Gasteiger partial charge in [0.05, 0.1) is 21.8 Å². The van der Waals surface area contributed by atoms with E-state index < -0.39 is 22.9 Å². The summed E-state index contributed by atoms with van der Waals surface area (Å²) < 4.78 is 52.8. The van der Waals surface area contributed by atoms with E-state index >= 15 is 0 Å². The summed E-state index contributed by atoms with van der Waals surface area (Å²) >= 11 is 10.6. The van der Waals surface area contributed by atoms with Gasteiger partial charge in [0.1, 0.15) is 18.0 Å². The molecule has 13 heteroatoms. The van der Waals surface area contributed by atoms with E-state index in [0.717, 1.165) is 4.68 Å². The third-order valence-electron chi connectivity index (χ3n) is 3.98. The first-order valence-electron chi connectivity index (χ1n) is 7.99. The molecule has 0 saturated heterocycles. The maximum Gasteiger partial charge on any atom is 0.416 e. The lowest BCUT2D eigenvalue weighted by Crippen LogP contribution is -2.19. The Hall–Kier alpha value is -2.52. The number of aromatic nitrogens is 4. The summed E-state index contributed by atoms with van der Waals surface area (Å²) in [6.45, 7) is 0. The Bertz CT molecular complexity index is 1110. The third-order valence-corrected chi connectivity index (χ3v) is 5.51. The summed E-state index contributed by atoms with van der Waals surface area (Å²) in [5.41, 5.74) is -1.35. The van der Waals surface area contributed by atoms with Crippen molar-refractivity contribution < 1.29 is 17.7 Å². The molecule has 0 aliphatic rings. The minimum atomic E-state index is -4.66. The zero-order valence-electron chi connectivity index (χ0n) is 15.3. The fraction of sp³-hybridized carbons (Fsp3) is 0.176. The summed E-state index contributed by atoms with van der Waals surface area (Å²) in [7, 11) is 1.54. The van der Waals surface area contributed by atoms with E-state index in [0.29, 0.717) is 18.0 Å². The molecular weight excluding hydrogens is 464 g/mol. The van der Waals surface area contributed by atoms with Gasteiger partial charge in [0.2, 0.25) is 10.6 Å². The molecule has 3 aromatic rings. The molecule has 0 aliphatic carbocycles. The Labute approximate surface area is 181 Å². The van der Waals surface area contributed by atoms with Gasteiger partial charge in [0.25, 0.3) is 0 Å². The molecule has 1 aromatic carbocycles. The summed E-state index contributed by atoms with van der Waals surface area (Å²) in [4.78, 5) is 9.57. The van der Waals surface area contributed by atoms with Crippen molar-refractivity contribution in [3.63, 3.8) is 0 Å². The van der Waals surface area contributed by atoms with Gasteiger partial charge in [-0.3, -0.25) is 4.98 Å². The van der Waals surface area contributed by atoms with Gasteiger partial charge in [-0.1, -0.05) is 23.2 Å². The molecule has 0 aliphatic heterocycles. The van der Waals surface area contributed by atoms with Gasteiger partial charge in [0.15, 0.2) is 11.6 Å². The van der Waals surface area contributed by atoms with Gasteiger partial charge in [-0.05, 0) is 23.3 Å². The molecule has 2 heterocycles. The highest BCUT2D eigenvalue weighted by Gasteiger charge is 2.35. The zero-order chi connectivity index (χ0) is 22.2. The maximum atomic E-state index is 13.1. The van der Waals surface area contributed by atoms with Crippen molar-refractivity contribution in [1.82, 2.24) is 19.7 Å². The molecule has 1 atom stereocenters. The molecule has 0 bridgehead atoms. The molecule has 2 aromatic heterocycles.